The van der Waals surface area contributed by atoms with Crippen LogP contribution in [-0.4, -0.2) is 71.8 Å². The van der Waals surface area contributed by atoms with E-state index in [-0.39, 0.29) is 29.5 Å². The third-order valence-corrected chi connectivity index (χ3v) is 4.58. The van der Waals surface area contributed by atoms with Crippen LogP contribution in [0.5, 0.6) is 0 Å². The quantitative estimate of drug-likeness (QED) is 0.789. The molecule has 2 amide bonds. The van der Waals surface area contributed by atoms with Crippen LogP contribution in [0, 0.1) is 12.3 Å². The van der Waals surface area contributed by atoms with Gasteiger partial charge in [-0.1, -0.05) is 20.8 Å². The number of aromatic nitrogens is 1. The number of nitrogens with zero attached hydrogens (tertiary/aromatic N) is 3. The topological polar surface area (TPSA) is 85.1 Å². The molecule has 0 saturated carbocycles. The van der Waals surface area contributed by atoms with Gasteiger partial charge in [-0.05, 0) is 12.3 Å². The molecule has 0 N–H and O–H groups in total. The maximum absolute atomic E-state index is 12.7. The van der Waals surface area contributed by atoms with Crippen molar-refractivity contribution in [1.29, 1.82) is 0 Å². The maximum Gasteiger partial charge on any atom is 0.291 e. The van der Waals surface area contributed by atoms with E-state index < -0.39 is 5.79 Å². The van der Waals surface area contributed by atoms with Gasteiger partial charge < -0.3 is 23.7 Å². The number of rotatable bonds is 2. The van der Waals surface area contributed by atoms with E-state index in [1.165, 1.54) is 6.39 Å². The minimum absolute atomic E-state index is 0.0816. The number of aryl methyl sites for hydroxylation is 1. The molecule has 0 aromatic carbocycles. The predicted molar refractivity (Wildman–Crippen MR) is 92.4 cm³/mol. The Morgan fingerprint density at radius 1 is 1.15 bits per heavy atom. The molecule has 2 fully saturated rings. The monoisotopic (exact) mass is 365 g/mol. The summed E-state index contributed by atoms with van der Waals surface area (Å²) in [6.45, 7) is 10.1. The van der Waals surface area contributed by atoms with Crippen molar-refractivity contribution in [2.75, 3.05) is 39.4 Å². The third-order valence-electron chi connectivity index (χ3n) is 4.58. The molecule has 1 atom stereocenters. The van der Waals surface area contributed by atoms with Crippen LogP contribution in [0.15, 0.2) is 10.8 Å². The van der Waals surface area contributed by atoms with E-state index in [0.29, 0.717) is 45.0 Å². The van der Waals surface area contributed by atoms with Gasteiger partial charge in [-0.15, -0.1) is 0 Å². The SMILES string of the molecule is Cc1ncoc1C(=O)N1CCOC2(CN(C(=O)CC(C)(C)C)CCO2)C1. The summed E-state index contributed by atoms with van der Waals surface area (Å²) in [5.41, 5.74) is 0.476. The Kier molecular flexibility index (Phi) is 5.07. The summed E-state index contributed by atoms with van der Waals surface area (Å²) in [6, 6.07) is 0. The number of oxazole rings is 1. The number of ether oxygens (including phenoxy) is 2. The van der Waals surface area contributed by atoms with Crippen molar-refractivity contribution < 1.29 is 23.5 Å². The first-order chi connectivity index (χ1) is 12.2. The van der Waals surface area contributed by atoms with Crippen LogP contribution in [0.3, 0.4) is 0 Å². The van der Waals surface area contributed by atoms with Crippen LogP contribution >= 0.6 is 0 Å². The first-order valence-corrected chi connectivity index (χ1v) is 8.94. The third kappa shape index (κ3) is 4.07. The summed E-state index contributed by atoms with van der Waals surface area (Å²) in [5.74, 6) is -0.894. The molecule has 0 bridgehead atoms. The predicted octanol–water partition coefficient (Wildman–Crippen LogP) is 1.45. The van der Waals surface area contributed by atoms with Gasteiger partial charge in [0, 0.05) is 19.5 Å². The zero-order valence-electron chi connectivity index (χ0n) is 15.9. The molecule has 1 unspecified atom stereocenters. The molecule has 8 heteroatoms. The molecule has 8 nitrogen and oxygen atoms in total. The number of morpholine rings is 2. The maximum atomic E-state index is 12.7. The lowest BCUT2D eigenvalue weighted by atomic mass is 9.91. The Hall–Kier alpha value is -1.93. The van der Waals surface area contributed by atoms with Gasteiger partial charge in [0.1, 0.15) is 0 Å². The molecular weight excluding hydrogens is 338 g/mol. The van der Waals surface area contributed by atoms with Gasteiger partial charge in [-0.2, -0.15) is 0 Å². The standard InChI is InChI=1S/C18H27N3O5/c1-13-15(24-12-19-13)16(23)21-6-8-26-18(11-21)10-20(5-7-25-18)14(22)9-17(2,3)4/h12H,5-11H2,1-4H3. The summed E-state index contributed by atoms with van der Waals surface area (Å²) >= 11 is 0. The Bertz CT molecular complexity index is 677. The first kappa shape index (κ1) is 18.8. The summed E-state index contributed by atoms with van der Waals surface area (Å²) in [4.78, 5) is 32.7. The number of carbonyl (C=O) groups excluding carboxylic acids is 2. The molecular formula is C18H27N3O5. The lowest BCUT2D eigenvalue weighted by Crippen LogP contribution is -2.63. The number of hydrogen-bond acceptors (Lipinski definition) is 6. The normalized spacial score (nSPS) is 24.2. The molecule has 1 aromatic rings. The summed E-state index contributed by atoms with van der Waals surface area (Å²) in [7, 11) is 0. The highest BCUT2D eigenvalue weighted by molar-refractivity contribution is 5.92. The van der Waals surface area contributed by atoms with E-state index in [1.54, 1.807) is 16.7 Å². The van der Waals surface area contributed by atoms with E-state index in [9.17, 15) is 9.59 Å². The Morgan fingerprint density at radius 2 is 1.77 bits per heavy atom. The molecule has 26 heavy (non-hydrogen) atoms. The van der Waals surface area contributed by atoms with Gasteiger partial charge in [0.05, 0.1) is 32.0 Å². The second-order valence-electron chi connectivity index (χ2n) is 8.15. The highest BCUT2D eigenvalue weighted by Crippen LogP contribution is 2.28. The molecule has 2 aliphatic rings. The van der Waals surface area contributed by atoms with E-state index in [1.807, 2.05) is 20.8 Å². The Labute approximate surface area is 153 Å². The van der Waals surface area contributed by atoms with Crippen molar-refractivity contribution in [3.63, 3.8) is 0 Å². The van der Waals surface area contributed by atoms with Crippen LogP contribution in [-0.2, 0) is 14.3 Å². The fourth-order valence-electron chi connectivity index (χ4n) is 3.30. The molecule has 2 aliphatic heterocycles. The molecule has 3 rings (SSSR count). The molecule has 3 heterocycles. The second kappa shape index (κ2) is 7.00. The Morgan fingerprint density at radius 3 is 2.35 bits per heavy atom. The highest BCUT2D eigenvalue weighted by atomic mass is 16.7. The molecule has 1 spiro atoms. The molecule has 144 valence electrons. The van der Waals surface area contributed by atoms with E-state index in [4.69, 9.17) is 13.9 Å². The van der Waals surface area contributed by atoms with E-state index in [0.717, 1.165) is 0 Å². The van der Waals surface area contributed by atoms with Gasteiger partial charge in [0.15, 0.2) is 6.39 Å². The van der Waals surface area contributed by atoms with Crippen LogP contribution in [0.1, 0.15) is 43.4 Å². The molecule has 1 aromatic heterocycles. The average molecular weight is 365 g/mol. The smallest absolute Gasteiger partial charge is 0.291 e. The summed E-state index contributed by atoms with van der Waals surface area (Å²) in [6.07, 6.45) is 1.73. The molecule has 0 aliphatic carbocycles. The average Bonchev–Trinajstić information content (AvgIpc) is 2.99. The van der Waals surface area contributed by atoms with Crippen molar-refractivity contribution >= 4 is 11.8 Å². The first-order valence-electron chi connectivity index (χ1n) is 8.94. The van der Waals surface area contributed by atoms with Crippen molar-refractivity contribution in [3.05, 3.63) is 17.8 Å². The van der Waals surface area contributed by atoms with Crippen LogP contribution in [0.4, 0.5) is 0 Å². The van der Waals surface area contributed by atoms with Gasteiger partial charge in [-0.3, -0.25) is 9.59 Å². The minimum atomic E-state index is -0.979. The lowest BCUT2D eigenvalue weighted by Gasteiger charge is -2.47. The largest absolute Gasteiger partial charge is 0.438 e. The highest BCUT2D eigenvalue weighted by Gasteiger charge is 2.45. The number of carbonyl (C=O) groups is 2. The van der Waals surface area contributed by atoms with Crippen LogP contribution in [0.2, 0.25) is 0 Å². The van der Waals surface area contributed by atoms with Gasteiger partial charge in [0.25, 0.3) is 5.91 Å². The molecule has 0 radical (unpaired) electrons. The van der Waals surface area contributed by atoms with Crippen molar-refractivity contribution in [2.45, 2.75) is 39.9 Å². The van der Waals surface area contributed by atoms with Crippen LogP contribution < -0.4 is 0 Å². The van der Waals surface area contributed by atoms with Crippen molar-refractivity contribution in [1.82, 2.24) is 14.8 Å². The second-order valence-corrected chi connectivity index (χ2v) is 8.15. The van der Waals surface area contributed by atoms with Gasteiger partial charge in [0.2, 0.25) is 17.5 Å². The summed E-state index contributed by atoms with van der Waals surface area (Å²) < 4.78 is 17.0. The number of amides is 2. The van der Waals surface area contributed by atoms with Gasteiger partial charge >= 0.3 is 0 Å². The van der Waals surface area contributed by atoms with Crippen molar-refractivity contribution in [2.24, 2.45) is 5.41 Å². The van der Waals surface area contributed by atoms with E-state index in [2.05, 4.69) is 4.98 Å². The van der Waals surface area contributed by atoms with Gasteiger partial charge in [-0.25, -0.2) is 4.98 Å². The lowest BCUT2D eigenvalue weighted by molar-refractivity contribution is -0.284. The fourth-order valence-corrected chi connectivity index (χ4v) is 3.30. The minimum Gasteiger partial charge on any atom is -0.438 e. The summed E-state index contributed by atoms with van der Waals surface area (Å²) in [5, 5.41) is 0. The van der Waals surface area contributed by atoms with Crippen molar-refractivity contribution in [3.8, 4) is 0 Å². The zero-order valence-corrected chi connectivity index (χ0v) is 15.9. The van der Waals surface area contributed by atoms with Crippen LogP contribution in [0.25, 0.3) is 0 Å². The Balaban J connectivity index is 1.70. The fraction of sp³-hybridized carbons (Fsp3) is 0.722. The molecule has 2 saturated heterocycles. The number of hydrogen-bond donors (Lipinski definition) is 0. The zero-order chi connectivity index (χ0) is 18.9. The van der Waals surface area contributed by atoms with E-state index >= 15 is 0 Å².